The van der Waals surface area contributed by atoms with E-state index in [0.29, 0.717) is 22.9 Å². The number of allylic oxidation sites excluding steroid dienone is 2. The first kappa shape index (κ1) is 18.9. The molecule has 4 rings (SSSR count). The summed E-state index contributed by atoms with van der Waals surface area (Å²) in [6.45, 7) is 1.67. The van der Waals surface area contributed by atoms with Crippen LogP contribution in [0.1, 0.15) is 44.9 Å². The van der Waals surface area contributed by atoms with Gasteiger partial charge in [-0.2, -0.15) is 16.8 Å². The van der Waals surface area contributed by atoms with Crippen molar-refractivity contribution in [2.75, 3.05) is 26.0 Å². The topological polar surface area (TPSA) is 54.3 Å². The summed E-state index contributed by atoms with van der Waals surface area (Å²) >= 11 is 1.86. The van der Waals surface area contributed by atoms with Crippen molar-refractivity contribution in [1.82, 2.24) is 4.90 Å². The molecule has 1 amide bonds. The predicted molar refractivity (Wildman–Crippen MR) is 112 cm³/mol. The lowest BCUT2D eigenvalue weighted by Gasteiger charge is -2.35. The lowest BCUT2D eigenvalue weighted by atomic mass is 9.91. The van der Waals surface area contributed by atoms with E-state index in [1.54, 1.807) is 0 Å². The van der Waals surface area contributed by atoms with Gasteiger partial charge in [-0.05, 0) is 37.8 Å². The number of ether oxygens (including phenoxy) is 1. The van der Waals surface area contributed by atoms with Crippen LogP contribution in [0.3, 0.4) is 0 Å². The van der Waals surface area contributed by atoms with E-state index in [9.17, 15) is 4.79 Å². The van der Waals surface area contributed by atoms with Crippen LogP contribution in [0.15, 0.2) is 33.9 Å². The number of aliphatic imine (C=N–C) groups is 2. The first-order valence-electron chi connectivity index (χ1n) is 10.2. The summed E-state index contributed by atoms with van der Waals surface area (Å²) in [5.74, 6) is 1.01. The zero-order valence-electron chi connectivity index (χ0n) is 16.1. The van der Waals surface area contributed by atoms with E-state index in [0.717, 1.165) is 31.8 Å². The molecule has 2 heterocycles. The van der Waals surface area contributed by atoms with Gasteiger partial charge in [-0.25, -0.2) is 4.99 Å². The van der Waals surface area contributed by atoms with Gasteiger partial charge in [0, 0.05) is 37.3 Å². The number of carbonyl (C=O) groups excluding carboxylic acids is 1. The number of rotatable bonds is 5. The monoisotopic (exact) mass is 387 g/mol. The average Bonchev–Trinajstić information content (AvgIpc) is 2.73. The zero-order chi connectivity index (χ0) is 18.6. The maximum absolute atomic E-state index is 12.5. The molecule has 4 aliphatic rings. The highest BCUT2D eigenvalue weighted by Crippen LogP contribution is 2.28. The minimum absolute atomic E-state index is 0.0746. The van der Waals surface area contributed by atoms with Gasteiger partial charge in [-0.1, -0.05) is 25.3 Å². The fourth-order valence-corrected chi connectivity index (χ4v) is 5.30. The summed E-state index contributed by atoms with van der Waals surface area (Å²) in [4.78, 5) is 23.9. The van der Waals surface area contributed by atoms with Crippen molar-refractivity contribution >= 4 is 29.2 Å². The molecule has 1 saturated heterocycles. The summed E-state index contributed by atoms with van der Waals surface area (Å²) in [5.41, 5.74) is 2.03. The molecule has 0 bridgehead atoms. The fourth-order valence-electron chi connectivity index (χ4n) is 4.26. The van der Waals surface area contributed by atoms with Crippen LogP contribution in [0.4, 0.5) is 0 Å². The predicted octanol–water partition coefficient (Wildman–Crippen LogP) is 3.61. The van der Waals surface area contributed by atoms with Crippen LogP contribution in [0, 0.1) is 5.92 Å². The second-order valence-electron chi connectivity index (χ2n) is 7.83. The summed E-state index contributed by atoms with van der Waals surface area (Å²) in [6, 6.07) is 0.600. The van der Waals surface area contributed by atoms with Gasteiger partial charge in [0.05, 0.1) is 11.5 Å². The Hall–Kier alpha value is -1.40. The molecule has 2 aliphatic carbocycles. The number of carbonyl (C=O) groups is 1. The third-order valence-corrected chi connectivity index (χ3v) is 7.35. The Labute approximate surface area is 166 Å². The number of fused-ring (bicyclic) bond motifs is 1. The molecular weight excluding hydrogens is 358 g/mol. The molecule has 1 saturated carbocycles. The minimum Gasteiger partial charge on any atom is -0.381 e. The van der Waals surface area contributed by atoms with Gasteiger partial charge >= 0.3 is 0 Å². The van der Waals surface area contributed by atoms with E-state index < -0.39 is 0 Å². The molecule has 0 radical (unpaired) electrons. The van der Waals surface area contributed by atoms with Gasteiger partial charge < -0.3 is 9.64 Å². The smallest absolute Gasteiger partial charge is 0.260 e. The molecule has 1 atom stereocenters. The molecule has 2 fully saturated rings. The van der Waals surface area contributed by atoms with Crippen molar-refractivity contribution in [3.63, 3.8) is 0 Å². The molecule has 0 aromatic heterocycles. The Kier molecular flexibility index (Phi) is 6.13. The molecule has 146 valence electrons. The van der Waals surface area contributed by atoms with Gasteiger partial charge in [0.15, 0.2) is 0 Å². The SMILES string of the molecule is CN(C1=CC2=NC(CSC3CCOCC3)=NC(=O)C2C=C1)C1CCCCC1. The van der Waals surface area contributed by atoms with E-state index in [1.807, 2.05) is 17.8 Å². The fraction of sp³-hybridized carbons (Fsp3) is 0.667. The molecule has 27 heavy (non-hydrogen) atoms. The van der Waals surface area contributed by atoms with E-state index >= 15 is 0 Å². The Bertz CT molecular complexity index is 686. The van der Waals surface area contributed by atoms with E-state index in [-0.39, 0.29) is 11.8 Å². The van der Waals surface area contributed by atoms with Crippen LogP contribution in [-0.4, -0.2) is 59.7 Å². The van der Waals surface area contributed by atoms with Crippen molar-refractivity contribution in [3.05, 3.63) is 23.9 Å². The quantitative estimate of drug-likeness (QED) is 0.723. The van der Waals surface area contributed by atoms with Gasteiger partial charge in [0.1, 0.15) is 11.8 Å². The van der Waals surface area contributed by atoms with E-state index in [2.05, 4.69) is 29.1 Å². The minimum atomic E-state index is -0.301. The zero-order valence-corrected chi connectivity index (χ0v) is 16.9. The molecule has 1 unspecified atom stereocenters. The number of likely N-dealkylation sites (N-methyl/N-ethyl adjacent to an activating group) is 1. The molecule has 0 aromatic rings. The van der Waals surface area contributed by atoms with Crippen LogP contribution in [-0.2, 0) is 9.53 Å². The molecule has 0 N–H and O–H groups in total. The summed E-state index contributed by atoms with van der Waals surface area (Å²) in [5, 5.41) is 0.587. The third kappa shape index (κ3) is 4.54. The van der Waals surface area contributed by atoms with Gasteiger partial charge in [-0.15, -0.1) is 0 Å². The second kappa shape index (κ2) is 8.74. The third-order valence-electron chi connectivity index (χ3n) is 5.98. The number of amides is 1. The van der Waals surface area contributed by atoms with Crippen LogP contribution in [0.2, 0.25) is 0 Å². The lowest BCUT2D eigenvalue weighted by Crippen LogP contribution is -2.35. The normalized spacial score (nSPS) is 26.9. The highest BCUT2D eigenvalue weighted by atomic mass is 32.2. The Morgan fingerprint density at radius 3 is 2.70 bits per heavy atom. The first-order valence-corrected chi connectivity index (χ1v) is 11.3. The van der Waals surface area contributed by atoms with E-state index in [1.165, 1.54) is 37.8 Å². The lowest BCUT2D eigenvalue weighted by molar-refractivity contribution is -0.118. The summed E-state index contributed by atoms with van der Waals surface area (Å²) < 4.78 is 5.42. The molecule has 2 aliphatic heterocycles. The number of nitrogens with zero attached hydrogens (tertiary/aromatic N) is 3. The molecule has 0 spiro atoms. The Morgan fingerprint density at radius 1 is 1.15 bits per heavy atom. The molecule has 5 nitrogen and oxygen atoms in total. The number of amidine groups is 1. The average molecular weight is 388 g/mol. The van der Waals surface area contributed by atoms with Crippen molar-refractivity contribution in [2.45, 2.75) is 56.2 Å². The van der Waals surface area contributed by atoms with Crippen molar-refractivity contribution in [2.24, 2.45) is 15.9 Å². The number of hydrogen-bond donors (Lipinski definition) is 0. The van der Waals surface area contributed by atoms with Crippen LogP contribution in [0.5, 0.6) is 0 Å². The largest absolute Gasteiger partial charge is 0.381 e. The summed E-state index contributed by atoms with van der Waals surface area (Å²) in [7, 11) is 2.17. The van der Waals surface area contributed by atoms with Gasteiger partial charge in [-0.3, -0.25) is 4.79 Å². The Balaban J connectivity index is 1.43. The molecule has 0 aromatic carbocycles. The van der Waals surface area contributed by atoms with E-state index in [4.69, 9.17) is 9.73 Å². The number of hydrogen-bond acceptors (Lipinski definition) is 5. The highest BCUT2D eigenvalue weighted by molar-refractivity contribution is 8.00. The van der Waals surface area contributed by atoms with Gasteiger partial charge in [0.2, 0.25) is 0 Å². The second-order valence-corrected chi connectivity index (χ2v) is 9.12. The molecule has 6 heteroatoms. The van der Waals surface area contributed by atoms with Crippen LogP contribution in [0.25, 0.3) is 0 Å². The van der Waals surface area contributed by atoms with Crippen molar-refractivity contribution in [3.8, 4) is 0 Å². The van der Waals surface area contributed by atoms with Crippen LogP contribution < -0.4 is 0 Å². The first-order chi connectivity index (χ1) is 13.2. The maximum atomic E-state index is 12.5. The van der Waals surface area contributed by atoms with Crippen LogP contribution >= 0.6 is 11.8 Å². The molecular formula is C21H29N3O2S. The Morgan fingerprint density at radius 2 is 1.93 bits per heavy atom. The standard InChI is InChI=1S/C21H29N3O2S/c1-24(15-5-3-2-4-6-15)16-7-8-18-19(13-16)22-20(23-21(18)25)14-27-17-9-11-26-12-10-17/h7-8,13,15,17-18H,2-6,9-12,14H2,1H3. The van der Waals surface area contributed by atoms with Crippen molar-refractivity contribution in [1.29, 1.82) is 0 Å². The van der Waals surface area contributed by atoms with Gasteiger partial charge in [0.25, 0.3) is 5.91 Å². The maximum Gasteiger partial charge on any atom is 0.260 e. The highest BCUT2D eigenvalue weighted by Gasteiger charge is 2.30. The van der Waals surface area contributed by atoms with Crippen molar-refractivity contribution < 1.29 is 9.53 Å². The summed E-state index contributed by atoms with van der Waals surface area (Å²) in [6.07, 6.45) is 14.8. The number of thioether (sulfide) groups is 1.